The lowest BCUT2D eigenvalue weighted by atomic mass is 9.98. The first-order valence-corrected chi connectivity index (χ1v) is 12.7. The summed E-state index contributed by atoms with van der Waals surface area (Å²) >= 11 is 0. The second-order valence-corrected chi connectivity index (χ2v) is 10.8. The smallest absolute Gasteiger partial charge is 0.255 e. The fourth-order valence-corrected chi connectivity index (χ4v) is 5.99. The van der Waals surface area contributed by atoms with Crippen LogP contribution in [0.25, 0.3) is 0 Å². The van der Waals surface area contributed by atoms with Crippen LogP contribution in [0.15, 0.2) is 47.4 Å². The van der Waals surface area contributed by atoms with Crippen LogP contribution in [0.4, 0.5) is 5.69 Å². The van der Waals surface area contributed by atoms with Crippen LogP contribution in [0.3, 0.4) is 0 Å². The molecule has 2 aromatic rings. The first kappa shape index (κ1) is 21.2. The fourth-order valence-electron chi connectivity index (χ4n) is 4.47. The van der Waals surface area contributed by atoms with Crippen molar-refractivity contribution in [2.24, 2.45) is 5.92 Å². The Morgan fingerprint density at radius 2 is 1.62 bits per heavy atom. The van der Waals surface area contributed by atoms with E-state index in [0.29, 0.717) is 30.9 Å². The van der Waals surface area contributed by atoms with Gasteiger partial charge in [0, 0.05) is 43.3 Å². The Morgan fingerprint density at radius 3 is 2.31 bits per heavy atom. The summed E-state index contributed by atoms with van der Waals surface area (Å²) in [7, 11) is -3.49. The normalized spacial score (nSPS) is 18.9. The molecule has 168 valence electrons. The molecule has 0 spiro atoms. The molecular weight excluding hydrogens is 426 g/mol. The van der Waals surface area contributed by atoms with E-state index in [1.54, 1.807) is 12.1 Å². The summed E-state index contributed by atoms with van der Waals surface area (Å²) in [5.41, 5.74) is 3.34. The van der Waals surface area contributed by atoms with E-state index in [1.807, 2.05) is 23.1 Å². The van der Waals surface area contributed by atoms with Gasteiger partial charge in [0.25, 0.3) is 5.91 Å². The van der Waals surface area contributed by atoms with Crippen LogP contribution in [0.5, 0.6) is 0 Å². The van der Waals surface area contributed by atoms with Crippen molar-refractivity contribution in [2.75, 3.05) is 25.0 Å². The molecule has 3 aliphatic rings. The van der Waals surface area contributed by atoms with E-state index < -0.39 is 10.0 Å². The molecule has 5 rings (SSSR count). The number of sulfonamides is 1. The largest absolute Gasteiger partial charge is 0.338 e. The van der Waals surface area contributed by atoms with Crippen molar-refractivity contribution < 1.29 is 18.0 Å². The van der Waals surface area contributed by atoms with Crippen molar-refractivity contribution in [1.29, 1.82) is 0 Å². The van der Waals surface area contributed by atoms with Crippen LogP contribution in [-0.2, 0) is 27.8 Å². The highest BCUT2D eigenvalue weighted by atomic mass is 32.2. The summed E-state index contributed by atoms with van der Waals surface area (Å²) in [4.78, 5) is 27.3. The fraction of sp³-hybridized carbons (Fsp3) is 0.417. The van der Waals surface area contributed by atoms with Crippen molar-refractivity contribution in [3.8, 4) is 0 Å². The summed E-state index contributed by atoms with van der Waals surface area (Å²) in [5.74, 6) is 0.155. The van der Waals surface area contributed by atoms with Gasteiger partial charge in [-0.1, -0.05) is 6.07 Å². The molecule has 1 N–H and O–H groups in total. The SMILES string of the molecule is O=C(Nc1ccc2c(c1)CN(C(=O)C1CC1)CC2)c1ccc(S(=O)(=O)N2CCCC2)cc1. The average molecular weight is 454 g/mol. The Morgan fingerprint density at radius 1 is 0.906 bits per heavy atom. The van der Waals surface area contributed by atoms with E-state index in [0.717, 1.165) is 44.2 Å². The molecule has 2 heterocycles. The van der Waals surface area contributed by atoms with Crippen LogP contribution in [-0.4, -0.2) is 49.1 Å². The lowest BCUT2D eigenvalue weighted by Gasteiger charge is -2.29. The van der Waals surface area contributed by atoms with Crippen LogP contribution in [0, 0.1) is 5.92 Å². The topological polar surface area (TPSA) is 86.8 Å². The van der Waals surface area contributed by atoms with E-state index in [4.69, 9.17) is 0 Å². The van der Waals surface area contributed by atoms with Crippen molar-refractivity contribution in [3.63, 3.8) is 0 Å². The van der Waals surface area contributed by atoms with Gasteiger partial charge in [0.15, 0.2) is 0 Å². The van der Waals surface area contributed by atoms with Gasteiger partial charge in [0.1, 0.15) is 0 Å². The summed E-state index contributed by atoms with van der Waals surface area (Å²) in [6.07, 6.45) is 4.59. The number of carbonyl (C=O) groups is 2. The van der Waals surface area contributed by atoms with Crippen LogP contribution in [0.1, 0.15) is 47.2 Å². The number of benzene rings is 2. The summed E-state index contributed by atoms with van der Waals surface area (Å²) in [6.45, 7) is 2.43. The zero-order valence-corrected chi connectivity index (χ0v) is 18.7. The molecule has 0 bridgehead atoms. The molecule has 1 saturated carbocycles. The standard InChI is InChI=1S/C24H27N3O4S/c28-23(18-6-9-22(10-7-18)32(30,31)27-12-1-2-13-27)25-21-8-5-17-11-14-26(16-20(17)15-21)24(29)19-3-4-19/h5-10,15,19H,1-4,11-14,16H2,(H,25,28). The third kappa shape index (κ3) is 4.17. The molecule has 2 aliphatic heterocycles. The highest BCUT2D eigenvalue weighted by Gasteiger charge is 2.34. The third-order valence-corrected chi connectivity index (χ3v) is 8.45. The molecule has 2 aromatic carbocycles. The monoisotopic (exact) mass is 453 g/mol. The molecule has 0 atom stereocenters. The zero-order valence-electron chi connectivity index (χ0n) is 17.9. The van der Waals surface area contributed by atoms with Gasteiger partial charge in [-0.15, -0.1) is 0 Å². The lowest BCUT2D eigenvalue weighted by Crippen LogP contribution is -2.36. The average Bonchev–Trinajstić information content (AvgIpc) is 3.50. The number of carbonyl (C=O) groups excluding carboxylic acids is 2. The van der Waals surface area contributed by atoms with Gasteiger partial charge in [-0.2, -0.15) is 4.31 Å². The Bertz CT molecular complexity index is 1150. The molecular formula is C24H27N3O4S. The molecule has 8 heteroatoms. The first-order chi connectivity index (χ1) is 15.4. The molecule has 0 radical (unpaired) electrons. The predicted molar refractivity (Wildman–Crippen MR) is 121 cm³/mol. The maximum Gasteiger partial charge on any atom is 0.255 e. The van der Waals surface area contributed by atoms with Crippen molar-refractivity contribution in [3.05, 3.63) is 59.2 Å². The highest BCUT2D eigenvalue weighted by molar-refractivity contribution is 7.89. The van der Waals surface area contributed by atoms with E-state index >= 15 is 0 Å². The molecule has 1 saturated heterocycles. The number of anilines is 1. The van der Waals surface area contributed by atoms with Gasteiger partial charge in [0.2, 0.25) is 15.9 Å². The number of nitrogens with one attached hydrogen (secondary N) is 1. The van der Waals surface area contributed by atoms with Gasteiger partial charge < -0.3 is 10.2 Å². The molecule has 0 aromatic heterocycles. The van der Waals surface area contributed by atoms with Crippen molar-refractivity contribution >= 4 is 27.5 Å². The van der Waals surface area contributed by atoms with Gasteiger partial charge in [0.05, 0.1) is 4.90 Å². The zero-order chi connectivity index (χ0) is 22.3. The Hall–Kier alpha value is -2.71. The summed E-state index contributed by atoms with van der Waals surface area (Å²) in [5, 5.41) is 2.90. The third-order valence-electron chi connectivity index (χ3n) is 6.53. The number of fused-ring (bicyclic) bond motifs is 1. The number of rotatable bonds is 5. The minimum Gasteiger partial charge on any atom is -0.338 e. The minimum absolute atomic E-state index is 0.205. The first-order valence-electron chi connectivity index (χ1n) is 11.2. The second kappa shape index (κ2) is 8.33. The van der Waals surface area contributed by atoms with Crippen LogP contribution >= 0.6 is 0 Å². The number of hydrogen-bond donors (Lipinski definition) is 1. The van der Waals surface area contributed by atoms with Gasteiger partial charge in [-0.05, 0) is 79.6 Å². The molecule has 7 nitrogen and oxygen atoms in total. The molecule has 1 aliphatic carbocycles. The van der Waals surface area contributed by atoms with E-state index in [9.17, 15) is 18.0 Å². The summed E-state index contributed by atoms with van der Waals surface area (Å²) < 4.78 is 26.8. The number of amides is 2. The number of nitrogens with zero attached hydrogens (tertiary/aromatic N) is 2. The van der Waals surface area contributed by atoms with Gasteiger partial charge >= 0.3 is 0 Å². The van der Waals surface area contributed by atoms with E-state index in [2.05, 4.69) is 5.32 Å². The van der Waals surface area contributed by atoms with Crippen molar-refractivity contribution in [1.82, 2.24) is 9.21 Å². The quantitative estimate of drug-likeness (QED) is 0.754. The highest BCUT2D eigenvalue weighted by Crippen LogP contribution is 2.33. The Balaban J connectivity index is 1.27. The summed E-state index contributed by atoms with van der Waals surface area (Å²) in [6, 6.07) is 11.9. The Labute approximate surface area is 188 Å². The molecule has 0 unspecified atom stereocenters. The van der Waals surface area contributed by atoms with Crippen LogP contribution in [0.2, 0.25) is 0 Å². The molecule has 32 heavy (non-hydrogen) atoms. The van der Waals surface area contributed by atoms with Gasteiger partial charge in [-0.25, -0.2) is 8.42 Å². The maximum atomic E-state index is 12.7. The van der Waals surface area contributed by atoms with Crippen molar-refractivity contribution in [2.45, 2.75) is 43.5 Å². The Kier molecular flexibility index (Phi) is 5.51. The van der Waals surface area contributed by atoms with E-state index in [-0.39, 0.29) is 22.6 Å². The maximum absolute atomic E-state index is 12.7. The second-order valence-electron chi connectivity index (χ2n) is 8.86. The van der Waals surface area contributed by atoms with Crippen LogP contribution < -0.4 is 5.32 Å². The minimum atomic E-state index is -3.49. The molecule has 2 fully saturated rings. The van der Waals surface area contributed by atoms with E-state index in [1.165, 1.54) is 22.0 Å². The number of hydrogen-bond acceptors (Lipinski definition) is 4. The predicted octanol–water partition coefficient (Wildman–Crippen LogP) is 3.02. The lowest BCUT2D eigenvalue weighted by molar-refractivity contribution is -0.133. The van der Waals surface area contributed by atoms with Gasteiger partial charge in [-0.3, -0.25) is 9.59 Å². The molecule has 2 amide bonds.